The number of ether oxygens (including phenoxy) is 3. The molecule has 1 fully saturated rings. The third-order valence-corrected chi connectivity index (χ3v) is 13.1. The number of thiophene rings is 1. The van der Waals surface area contributed by atoms with Crippen LogP contribution in [0.2, 0.25) is 5.02 Å². The number of carbonyl (C=O) groups is 2. The Morgan fingerprint density at radius 1 is 0.875 bits per heavy atom. The Labute approximate surface area is 335 Å². The lowest BCUT2D eigenvalue weighted by molar-refractivity contribution is -0.142. The number of sulfone groups is 2. The molecule has 3 heterocycles. The molecule has 2 aliphatic heterocycles. The Morgan fingerprint density at radius 3 is 2.11 bits per heavy atom. The van der Waals surface area contributed by atoms with Crippen molar-refractivity contribution in [3.63, 3.8) is 0 Å². The SMILES string of the molecule is COc1cc2c(cc1O)C=C(C(=O)OCCS(C)(=O)=O)C(C(=O)OCCS(C)(=O)=O)=CN(Cc1sc3ccccc3c1Cl)C2c1ccc(CN2CCCC2)cc1. The lowest BCUT2D eigenvalue weighted by Crippen LogP contribution is -2.30. The summed E-state index contributed by atoms with van der Waals surface area (Å²) < 4.78 is 65.1. The lowest BCUT2D eigenvalue weighted by atomic mass is 9.88. The fourth-order valence-electron chi connectivity index (χ4n) is 6.75. The number of phenolic OH excluding ortho intramolecular Hbond substituents is 1. The van der Waals surface area contributed by atoms with E-state index in [9.17, 15) is 31.5 Å². The van der Waals surface area contributed by atoms with Gasteiger partial charge in [0.25, 0.3) is 0 Å². The summed E-state index contributed by atoms with van der Waals surface area (Å²) in [6.07, 6.45) is 7.18. The molecule has 1 saturated heterocycles. The molecule has 56 heavy (non-hydrogen) atoms. The van der Waals surface area contributed by atoms with E-state index in [2.05, 4.69) is 17.0 Å². The van der Waals surface area contributed by atoms with Gasteiger partial charge in [-0.05, 0) is 72.5 Å². The van der Waals surface area contributed by atoms with Crippen molar-refractivity contribution >= 4 is 70.7 Å². The van der Waals surface area contributed by atoms with E-state index in [1.165, 1.54) is 36.8 Å². The number of rotatable bonds is 14. The number of carbonyl (C=O) groups excluding carboxylic acids is 2. The van der Waals surface area contributed by atoms with Gasteiger partial charge in [0, 0.05) is 40.2 Å². The number of likely N-dealkylation sites (tertiary alicyclic amines) is 1. The van der Waals surface area contributed by atoms with Crippen LogP contribution in [0.4, 0.5) is 0 Å². The van der Waals surface area contributed by atoms with Crippen LogP contribution >= 0.6 is 22.9 Å². The van der Waals surface area contributed by atoms with Crippen molar-refractivity contribution in [2.75, 3.05) is 57.4 Å². The van der Waals surface area contributed by atoms with Crippen molar-refractivity contribution in [3.8, 4) is 11.5 Å². The molecule has 12 nitrogen and oxygen atoms in total. The van der Waals surface area contributed by atoms with Gasteiger partial charge in [-0.3, -0.25) is 4.90 Å². The van der Waals surface area contributed by atoms with E-state index in [0.29, 0.717) is 16.1 Å². The van der Waals surface area contributed by atoms with Crippen molar-refractivity contribution in [1.82, 2.24) is 9.80 Å². The van der Waals surface area contributed by atoms with E-state index in [1.54, 1.807) is 6.07 Å². The van der Waals surface area contributed by atoms with Crippen molar-refractivity contribution in [3.05, 3.63) is 110 Å². The lowest BCUT2D eigenvalue weighted by Gasteiger charge is -2.35. The first-order valence-electron chi connectivity index (χ1n) is 17.9. The Balaban J connectivity index is 1.56. The second-order valence-electron chi connectivity index (χ2n) is 13.9. The summed E-state index contributed by atoms with van der Waals surface area (Å²) in [5.41, 5.74) is 2.25. The minimum atomic E-state index is -3.52. The van der Waals surface area contributed by atoms with Crippen LogP contribution in [0.25, 0.3) is 16.2 Å². The van der Waals surface area contributed by atoms with Crippen molar-refractivity contribution in [2.45, 2.75) is 32.0 Å². The van der Waals surface area contributed by atoms with Crippen LogP contribution in [0.5, 0.6) is 11.5 Å². The van der Waals surface area contributed by atoms with E-state index in [1.807, 2.05) is 41.3 Å². The number of hydrogen-bond donors (Lipinski definition) is 1. The first-order valence-corrected chi connectivity index (χ1v) is 23.2. The summed E-state index contributed by atoms with van der Waals surface area (Å²) in [6, 6.07) is 18.2. The molecule has 16 heteroatoms. The topological polar surface area (TPSA) is 157 Å². The van der Waals surface area contributed by atoms with Crippen LogP contribution < -0.4 is 4.74 Å². The molecule has 1 aromatic heterocycles. The number of nitrogens with zero attached hydrogens (tertiary/aromatic N) is 2. The predicted molar refractivity (Wildman–Crippen MR) is 217 cm³/mol. The summed E-state index contributed by atoms with van der Waals surface area (Å²) in [7, 11) is -5.62. The number of benzene rings is 3. The molecule has 0 saturated carbocycles. The number of esters is 2. The van der Waals surface area contributed by atoms with Crippen LogP contribution in [-0.2, 0) is 51.8 Å². The van der Waals surface area contributed by atoms with E-state index >= 15 is 0 Å². The second kappa shape index (κ2) is 17.4. The highest BCUT2D eigenvalue weighted by atomic mass is 35.5. The van der Waals surface area contributed by atoms with Crippen molar-refractivity contribution in [1.29, 1.82) is 0 Å². The molecule has 2 aliphatic rings. The van der Waals surface area contributed by atoms with Gasteiger partial charge in [0.15, 0.2) is 31.2 Å². The summed E-state index contributed by atoms with van der Waals surface area (Å²) in [4.78, 5) is 33.0. The van der Waals surface area contributed by atoms with Crippen LogP contribution in [-0.4, -0.2) is 101 Å². The fraction of sp³-hybridized carbons (Fsp3) is 0.350. The number of methoxy groups -OCH3 is 1. The Hall–Kier alpha value is -4.41. The molecule has 0 amide bonds. The number of phenols is 1. The highest BCUT2D eigenvalue weighted by molar-refractivity contribution is 7.90. The van der Waals surface area contributed by atoms with E-state index in [4.69, 9.17) is 25.8 Å². The zero-order chi connectivity index (χ0) is 40.2. The highest BCUT2D eigenvalue weighted by Gasteiger charge is 2.33. The molecule has 3 aromatic carbocycles. The zero-order valence-electron chi connectivity index (χ0n) is 31.2. The molecule has 4 aromatic rings. The van der Waals surface area contributed by atoms with Gasteiger partial charge in [-0.1, -0.05) is 54.1 Å². The first-order chi connectivity index (χ1) is 26.6. The molecule has 0 spiro atoms. The molecule has 0 radical (unpaired) electrons. The number of fused-ring (bicyclic) bond motifs is 2. The van der Waals surface area contributed by atoms with Gasteiger partial charge >= 0.3 is 11.9 Å². The highest BCUT2D eigenvalue weighted by Crippen LogP contribution is 2.44. The number of aromatic hydroxyl groups is 1. The average molecular weight is 843 g/mol. The third kappa shape index (κ3) is 10.1. The standard InChI is InChI=1S/C40H43ClN2O10S3/c1-51-34-22-30-28(21-33(34)44)20-31(39(45)52-16-18-55(2,47)48)32(40(46)53-17-19-56(3,49)50)24-43(25-36-37(41)29-8-4-5-9-35(29)54-36)38(30)27-12-10-26(11-13-27)23-42-14-6-7-15-42/h4-5,8-13,20-22,24,38,44H,6-7,14-19,23,25H2,1-3H3. The Kier molecular flexibility index (Phi) is 12.8. The molecule has 1 atom stereocenters. The molecule has 298 valence electrons. The van der Waals surface area contributed by atoms with Gasteiger partial charge in [0.2, 0.25) is 0 Å². The molecule has 0 aliphatic carbocycles. The smallest absolute Gasteiger partial charge is 0.340 e. The van der Waals surface area contributed by atoms with Gasteiger partial charge in [0.1, 0.15) is 13.2 Å². The van der Waals surface area contributed by atoms with Crippen molar-refractivity contribution < 1.29 is 45.7 Å². The van der Waals surface area contributed by atoms with E-state index in [-0.39, 0.29) is 29.2 Å². The summed E-state index contributed by atoms with van der Waals surface area (Å²) >= 11 is 8.49. The third-order valence-electron chi connectivity index (χ3n) is 9.54. The van der Waals surface area contributed by atoms with E-state index in [0.717, 1.165) is 71.1 Å². The van der Waals surface area contributed by atoms with Crippen molar-refractivity contribution in [2.24, 2.45) is 0 Å². The number of hydrogen-bond acceptors (Lipinski definition) is 13. The first kappa shape index (κ1) is 41.2. The summed E-state index contributed by atoms with van der Waals surface area (Å²) in [5, 5.41) is 12.4. The summed E-state index contributed by atoms with van der Waals surface area (Å²) in [5.74, 6) is -3.07. The average Bonchev–Trinajstić information content (AvgIpc) is 3.76. The molecular formula is C40H43ClN2O10S3. The maximum absolute atomic E-state index is 14.1. The monoisotopic (exact) mass is 842 g/mol. The Bertz CT molecular complexity index is 2400. The number of halogens is 1. The normalized spacial score (nSPS) is 16.4. The Morgan fingerprint density at radius 2 is 1.50 bits per heavy atom. The van der Waals surface area contributed by atoms with Gasteiger partial charge in [-0.15, -0.1) is 11.3 Å². The second-order valence-corrected chi connectivity index (χ2v) is 20.0. The largest absolute Gasteiger partial charge is 0.504 e. The zero-order valence-corrected chi connectivity index (χ0v) is 34.4. The van der Waals surface area contributed by atoms with Crippen LogP contribution in [0.1, 0.15) is 46.0 Å². The molecule has 0 bridgehead atoms. The van der Waals surface area contributed by atoms with Gasteiger partial charge in [-0.25, -0.2) is 26.4 Å². The summed E-state index contributed by atoms with van der Waals surface area (Å²) in [6.45, 7) is 1.98. The molecular weight excluding hydrogens is 800 g/mol. The minimum absolute atomic E-state index is 0.123. The van der Waals surface area contributed by atoms with E-state index < -0.39 is 62.4 Å². The van der Waals surface area contributed by atoms with Gasteiger partial charge in [-0.2, -0.15) is 0 Å². The maximum Gasteiger partial charge on any atom is 0.340 e. The molecule has 1 N–H and O–H groups in total. The molecule has 6 rings (SSSR count). The maximum atomic E-state index is 14.1. The minimum Gasteiger partial charge on any atom is -0.504 e. The van der Waals surface area contributed by atoms with Gasteiger partial charge in [0.05, 0.1) is 47.4 Å². The van der Waals surface area contributed by atoms with Gasteiger partial charge < -0.3 is 24.2 Å². The van der Waals surface area contributed by atoms with Crippen LogP contribution in [0, 0.1) is 0 Å². The quantitative estimate of drug-likeness (QED) is 0.150. The fourth-order valence-corrected chi connectivity index (χ4v) is 9.02. The molecule has 1 unspecified atom stereocenters. The van der Waals surface area contributed by atoms with Crippen LogP contribution in [0.3, 0.4) is 0 Å². The predicted octanol–water partition coefficient (Wildman–Crippen LogP) is 5.91. The van der Waals surface area contributed by atoms with Crippen LogP contribution in [0.15, 0.2) is 78.0 Å².